The highest BCUT2D eigenvalue weighted by molar-refractivity contribution is 5.91. The molecule has 1 aromatic carbocycles. The summed E-state index contributed by atoms with van der Waals surface area (Å²) in [5.74, 6) is -0.108. The van der Waals surface area contributed by atoms with Gasteiger partial charge in [-0.15, -0.1) is 0 Å². The molecule has 1 aromatic rings. The highest BCUT2D eigenvalue weighted by Crippen LogP contribution is 2.53. The van der Waals surface area contributed by atoms with Crippen LogP contribution >= 0.6 is 0 Å². The predicted octanol–water partition coefficient (Wildman–Crippen LogP) is 2.64. The molecule has 0 bridgehead atoms. The molecule has 3 fully saturated rings. The second-order valence-electron chi connectivity index (χ2n) is 7.81. The monoisotopic (exact) mass is 347 g/mol. The number of benzene rings is 1. The van der Waals surface area contributed by atoms with Crippen LogP contribution in [0.25, 0.3) is 0 Å². The number of ether oxygens (including phenoxy) is 1. The number of carbonyl (C=O) groups excluding carboxylic acids is 1. The molecule has 3 aliphatic rings. The maximum Gasteiger partial charge on any atom is 0.233 e. The number of aliphatic hydroxyl groups excluding tert-OH is 1. The van der Waals surface area contributed by atoms with E-state index < -0.39 is 5.41 Å². The van der Waals surface area contributed by atoms with Gasteiger partial charge in [0.25, 0.3) is 0 Å². The number of aliphatic hydroxyl groups is 1. The van der Waals surface area contributed by atoms with Gasteiger partial charge in [0.1, 0.15) is 5.82 Å². The summed E-state index contributed by atoms with van der Waals surface area (Å²) in [6, 6.07) is 6.36. The first kappa shape index (κ1) is 17.0. The van der Waals surface area contributed by atoms with Gasteiger partial charge in [0, 0.05) is 31.5 Å². The minimum absolute atomic E-state index is 0.122. The Morgan fingerprint density at radius 3 is 2.40 bits per heavy atom. The van der Waals surface area contributed by atoms with Gasteiger partial charge in [-0.05, 0) is 50.3 Å². The first-order valence-corrected chi connectivity index (χ1v) is 9.37. The van der Waals surface area contributed by atoms with Gasteiger partial charge in [-0.2, -0.15) is 0 Å². The first-order chi connectivity index (χ1) is 12.0. The van der Waals surface area contributed by atoms with Gasteiger partial charge in [0.05, 0.1) is 17.6 Å². The van der Waals surface area contributed by atoms with Crippen LogP contribution in [0.5, 0.6) is 0 Å². The van der Waals surface area contributed by atoms with Gasteiger partial charge >= 0.3 is 0 Å². The van der Waals surface area contributed by atoms with Crippen LogP contribution in [0, 0.1) is 11.2 Å². The average molecular weight is 347 g/mol. The summed E-state index contributed by atoms with van der Waals surface area (Å²) in [6.45, 7) is 3.98. The van der Waals surface area contributed by atoms with Crippen molar-refractivity contribution in [3.63, 3.8) is 0 Å². The number of halogens is 1. The zero-order valence-electron chi connectivity index (χ0n) is 14.7. The molecule has 4 rings (SSSR count). The molecular formula is C20H26FNO3. The van der Waals surface area contributed by atoms with Crippen molar-refractivity contribution in [2.75, 3.05) is 19.7 Å². The normalized spacial score (nSPS) is 29.3. The van der Waals surface area contributed by atoms with E-state index in [1.54, 1.807) is 12.1 Å². The molecule has 0 aromatic heterocycles. The lowest BCUT2D eigenvalue weighted by Crippen LogP contribution is -2.63. The maximum atomic E-state index is 13.2. The van der Waals surface area contributed by atoms with Crippen LogP contribution in [-0.4, -0.2) is 47.8 Å². The number of piperidine rings is 1. The minimum Gasteiger partial charge on any atom is -0.392 e. The number of likely N-dealkylation sites (tertiary alicyclic amines) is 1. The minimum atomic E-state index is -0.449. The molecule has 1 aliphatic heterocycles. The van der Waals surface area contributed by atoms with E-state index in [0.717, 1.165) is 31.2 Å². The fourth-order valence-electron chi connectivity index (χ4n) is 4.77. The third-order valence-electron chi connectivity index (χ3n) is 6.65. The van der Waals surface area contributed by atoms with Crippen LogP contribution in [0.4, 0.5) is 4.39 Å². The Hall–Kier alpha value is -1.46. The highest BCUT2D eigenvalue weighted by atomic mass is 19.1. The molecule has 2 aliphatic carbocycles. The van der Waals surface area contributed by atoms with Crippen LogP contribution in [0.3, 0.4) is 0 Å². The molecule has 1 amide bonds. The molecule has 1 spiro atoms. The molecule has 1 saturated heterocycles. The van der Waals surface area contributed by atoms with Gasteiger partial charge < -0.3 is 14.7 Å². The topological polar surface area (TPSA) is 49.8 Å². The van der Waals surface area contributed by atoms with E-state index in [1.165, 1.54) is 12.1 Å². The lowest BCUT2D eigenvalue weighted by atomic mass is 9.58. The molecular weight excluding hydrogens is 321 g/mol. The largest absolute Gasteiger partial charge is 0.392 e. The van der Waals surface area contributed by atoms with Gasteiger partial charge in [-0.1, -0.05) is 12.1 Å². The number of rotatable bonds is 4. The van der Waals surface area contributed by atoms with Gasteiger partial charge in [-0.3, -0.25) is 4.79 Å². The van der Waals surface area contributed by atoms with Crippen molar-refractivity contribution in [1.29, 1.82) is 0 Å². The fraction of sp³-hybridized carbons (Fsp3) is 0.650. The summed E-state index contributed by atoms with van der Waals surface area (Å²) in [6.07, 6.45) is 3.78. The number of hydrogen-bond acceptors (Lipinski definition) is 3. The molecule has 0 unspecified atom stereocenters. The molecule has 1 N–H and O–H groups in total. The van der Waals surface area contributed by atoms with E-state index in [1.807, 2.05) is 11.8 Å². The standard InChI is InChI=1S/C20H26FNO3/c1-2-25-17-13-16(23)20(17)9-11-22(12-10-20)18(24)19(7-8-19)14-3-5-15(21)6-4-14/h3-6,16-17,23H,2,7-13H2,1H3/t16-,17+/m0/s1. The van der Waals surface area contributed by atoms with E-state index in [2.05, 4.69) is 0 Å². The molecule has 136 valence electrons. The van der Waals surface area contributed by atoms with Crippen LogP contribution in [0.15, 0.2) is 24.3 Å². The lowest BCUT2D eigenvalue weighted by molar-refractivity contribution is -0.210. The maximum absolute atomic E-state index is 13.2. The second kappa shape index (κ2) is 6.06. The van der Waals surface area contributed by atoms with E-state index >= 15 is 0 Å². The molecule has 2 saturated carbocycles. The zero-order valence-corrected chi connectivity index (χ0v) is 14.7. The molecule has 5 heteroatoms. The summed E-state index contributed by atoms with van der Waals surface area (Å²) in [5.41, 5.74) is 0.310. The summed E-state index contributed by atoms with van der Waals surface area (Å²) in [7, 11) is 0. The van der Waals surface area contributed by atoms with Crippen LogP contribution in [0.1, 0.15) is 44.6 Å². The molecule has 25 heavy (non-hydrogen) atoms. The summed E-state index contributed by atoms with van der Waals surface area (Å²) >= 11 is 0. The smallest absolute Gasteiger partial charge is 0.233 e. The summed E-state index contributed by atoms with van der Waals surface area (Å²) in [5, 5.41) is 10.3. The van der Waals surface area contributed by atoms with E-state index in [0.29, 0.717) is 26.1 Å². The third kappa shape index (κ3) is 2.59. The second-order valence-corrected chi connectivity index (χ2v) is 7.81. The summed E-state index contributed by atoms with van der Waals surface area (Å²) < 4.78 is 19.0. The van der Waals surface area contributed by atoms with E-state index in [-0.39, 0.29) is 29.3 Å². The Balaban J connectivity index is 1.44. The van der Waals surface area contributed by atoms with Crippen molar-refractivity contribution < 1.29 is 19.0 Å². The van der Waals surface area contributed by atoms with Crippen molar-refractivity contribution >= 4 is 5.91 Å². The van der Waals surface area contributed by atoms with Crippen LogP contribution < -0.4 is 0 Å². The fourth-order valence-corrected chi connectivity index (χ4v) is 4.77. The highest BCUT2D eigenvalue weighted by Gasteiger charge is 2.58. The quantitative estimate of drug-likeness (QED) is 0.911. The Bertz CT molecular complexity index is 645. The van der Waals surface area contributed by atoms with Crippen molar-refractivity contribution in [1.82, 2.24) is 4.90 Å². The zero-order chi connectivity index (χ0) is 17.7. The van der Waals surface area contributed by atoms with Gasteiger partial charge in [0.15, 0.2) is 0 Å². The van der Waals surface area contributed by atoms with Crippen LogP contribution in [-0.2, 0) is 14.9 Å². The Labute approximate surface area is 148 Å². The SMILES string of the molecule is CCO[C@@H]1C[C@H](O)C12CCN(C(=O)C1(c3ccc(F)cc3)CC1)CC2. The van der Waals surface area contributed by atoms with Gasteiger partial charge in [0.2, 0.25) is 5.91 Å². The van der Waals surface area contributed by atoms with Crippen LogP contribution in [0.2, 0.25) is 0 Å². The number of nitrogens with zero attached hydrogens (tertiary/aromatic N) is 1. The molecule has 0 radical (unpaired) electrons. The molecule has 4 nitrogen and oxygen atoms in total. The van der Waals surface area contributed by atoms with Crippen molar-refractivity contribution in [3.8, 4) is 0 Å². The Morgan fingerprint density at radius 2 is 1.88 bits per heavy atom. The Morgan fingerprint density at radius 1 is 1.24 bits per heavy atom. The molecule has 1 heterocycles. The number of hydrogen-bond donors (Lipinski definition) is 1. The first-order valence-electron chi connectivity index (χ1n) is 9.37. The van der Waals surface area contributed by atoms with Crippen molar-refractivity contribution in [2.45, 2.75) is 56.7 Å². The molecule has 2 atom stereocenters. The van der Waals surface area contributed by atoms with E-state index in [4.69, 9.17) is 4.74 Å². The average Bonchev–Trinajstić information content (AvgIpc) is 3.43. The van der Waals surface area contributed by atoms with Crippen molar-refractivity contribution in [2.24, 2.45) is 5.41 Å². The van der Waals surface area contributed by atoms with Crippen molar-refractivity contribution in [3.05, 3.63) is 35.6 Å². The van der Waals surface area contributed by atoms with Gasteiger partial charge in [-0.25, -0.2) is 4.39 Å². The summed E-state index contributed by atoms with van der Waals surface area (Å²) in [4.78, 5) is 15.1. The predicted molar refractivity (Wildman–Crippen MR) is 91.6 cm³/mol. The Kier molecular flexibility index (Phi) is 4.12. The third-order valence-corrected chi connectivity index (χ3v) is 6.65. The number of amides is 1. The van der Waals surface area contributed by atoms with E-state index in [9.17, 15) is 14.3 Å². The lowest BCUT2D eigenvalue weighted by Gasteiger charge is -2.56. The number of carbonyl (C=O) groups is 1.